The molecule has 0 radical (unpaired) electrons. The highest BCUT2D eigenvalue weighted by Gasteiger charge is 2.44. The van der Waals surface area contributed by atoms with Gasteiger partial charge < -0.3 is 20.1 Å². The maximum absolute atomic E-state index is 10.6. The summed E-state index contributed by atoms with van der Waals surface area (Å²) in [6.45, 7) is 4.91. The summed E-state index contributed by atoms with van der Waals surface area (Å²) in [7, 11) is 2.20. The van der Waals surface area contributed by atoms with Crippen LogP contribution in [-0.4, -0.2) is 110 Å². The summed E-state index contributed by atoms with van der Waals surface area (Å²) in [5.41, 5.74) is 2.50. The van der Waals surface area contributed by atoms with E-state index in [2.05, 4.69) is 45.0 Å². The normalized spacial score (nSPS) is 17.7. The van der Waals surface area contributed by atoms with Crippen molar-refractivity contribution in [3.63, 3.8) is 0 Å². The van der Waals surface area contributed by atoms with Gasteiger partial charge in [-0.05, 0) is 50.1 Å². The lowest BCUT2D eigenvalue weighted by molar-refractivity contribution is -0.193. The van der Waals surface area contributed by atoms with Gasteiger partial charge in [0.1, 0.15) is 0 Å². The molecule has 11 nitrogen and oxygen atoms in total. The van der Waals surface area contributed by atoms with E-state index >= 15 is 0 Å². The number of likely N-dealkylation sites (tertiary alicyclic amines) is 1. The van der Waals surface area contributed by atoms with Crippen LogP contribution in [0.4, 0.5) is 39.5 Å². The number of carboxylic acids is 3. The van der Waals surface area contributed by atoms with Gasteiger partial charge >= 0.3 is 36.4 Å². The fourth-order valence-corrected chi connectivity index (χ4v) is 4.20. The third kappa shape index (κ3) is 15.9. The first-order valence-electron chi connectivity index (χ1n) is 13.3. The molecule has 2 aromatic heterocycles. The number of carboxylic acid groups (broad SMARTS) is 3. The number of aliphatic carboxylic acids is 3. The van der Waals surface area contributed by atoms with Crippen molar-refractivity contribution in [2.75, 3.05) is 26.7 Å². The van der Waals surface area contributed by atoms with Crippen molar-refractivity contribution in [1.82, 2.24) is 19.8 Å². The number of ether oxygens (including phenoxy) is 1. The second-order valence-electron chi connectivity index (χ2n) is 10.1. The molecule has 2 saturated heterocycles. The molecule has 20 heteroatoms. The first-order chi connectivity index (χ1) is 21.6. The predicted molar refractivity (Wildman–Crippen MR) is 143 cm³/mol. The largest absolute Gasteiger partial charge is 0.490 e. The third-order valence-electron chi connectivity index (χ3n) is 6.57. The van der Waals surface area contributed by atoms with E-state index in [1.807, 2.05) is 30.7 Å². The standard InChI is InChI=1S/C21H28N4O.3C2HF3O2/c1-24(15-18-5-4-9-22-14-18)20-13-21(26-17-20)7-11-25(12-8-21)16-19-6-2-3-10-23-19;3*3-2(4,5)1(6)7/h2-6,9-10,14,20H,7-8,11-13,15-17H2,1H3;3*(H,6,7). The fraction of sp³-hybridized carbons (Fsp3) is 0.519. The van der Waals surface area contributed by atoms with Gasteiger partial charge in [-0.3, -0.25) is 19.8 Å². The molecule has 0 bridgehead atoms. The summed E-state index contributed by atoms with van der Waals surface area (Å²) in [5.74, 6) is -8.27. The van der Waals surface area contributed by atoms with Crippen LogP contribution in [0.15, 0.2) is 48.9 Å². The molecule has 2 aliphatic rings. The summed E-state index contributed by atoms with van der Waals surface area (Å²) < 4.78 is 102. The lowest BCUT2D eigenvalue weighted by Crippen LogP contribution is -2.44. The molecular weight excluding hydrogens is 663 g/mol. The number of piperidine rings is 1. The number of alkyl halides is 9. The molecule has 264 valence electrons. The Morgan fingerprint density at radius 3 is 1.79 bits per heavy atom. The van der Waals surface area contributed by atoms with Crippen molar-refractivity contribution >= 4 is 17.9 Å². The Morgan fingerprint density at radius 2 is 1.38 bits per heavy atom. The van der Waals surface area contributed by atoms with Crippen LogP contribution in [0.3, 0.4) is 0 Å². The van der Waals surface area contributed by atoms with Gasteiger partial charge in [0, 0.05) is 50.8 Å². The SMILES string of the molecule is CN(Cc1cccnc1)C1COC2(CCN(Cc3ccccn3)CC2)C1.O=C(O)C(F)(F)F.O=C(O)C(F)(F)F.O=C(O)C(F)(F)F. The molecule has 0 aliphatic carbocycles. The first-order valence-corrected chi connectivity index (χ1v) is 13.3. The zero-order valence-corrected chi connectivity index (χ0v) is 24.5. The molecule has 0 aromatic carbocycles. The molecule has 1 unspecified atom stereocenters. The van der Waals surface area contributed by atoms with Crippen LogP contribution >= 0.6 is 0 Å². The maximum Gasteiger partial charge on any atom is 0.490 e. The Kier molecular flexibility index (Phi) is 15.5. The van der Waals surface area contributed by atoms with E-state index in [9.17, 15) is 39.5 Å². The van der Waals surface area contributed by atoms with Crippen molar-refractivity contribution < 1.29 is 74.0 Å². The number of rotatable bonds is 5. The van der Waals surface area contributed by atoms with E-state index in [1.54, 1.807) is 0 Å². The van der Waals surface area contributed by atoms with E-state index < -0.39 is 36.4 Å². The van der Waals surface area contributed by atoms with Crippen LogP contribution < -0.4 is 0 Å². The highest BCUT2D eigenvalue weighted by molar-refractivity contribution is 5.73. The average molecular weight is 695 g/mol. The van der Waals surface area contributed by atoms with Crippen LogP contribution in [-0.2, 0) is 32.2 Å². The van der Waals surface area contributed by atoms with Crippen molar-refractivity contribution in [1.29, 1.82) is 0 Å². The summed E-state index contributed by atoms with van der Waals surface area (Å²) >= 11 is 0. The predicted octanol–water partition coefficient (Wildman–Crippen LogP) is 4.63. The molecule has 1 spiro atoms. The lowest BCUT2D eigenvalue weighted by Gasteiger charge is -2.38. The van der Waals surface area contributed by atoms with Crippen molar-refractivity contribution in [3.8, 4) is 0 Å². The lowest BCUT2D eigenvalue weighted by atomic mass is 9.87. The Bertz CT molecular complexity index is 1200. The highest BCUT2D eigenvalue weighted by atomic mass is 19.4. The molecule has 47 heavy (non-hydrogen) atoms. The van der Waals surface area contributed by atoms with Gasteiger partial charge in [0.15, 0.2) is 0 Å². The molecule has 0 saturated carbocycles. The Morgan fingerprint density at radius 1 is 0.872 bits per heavy atom. The van der Waals surface area contributed by atoms with E-state index in [0.717, 1.165) is 57.7 Å². The minimum absolute atomic E-state index is 0.0779. The maximum atomic E-state index is 10.6. The average Bonchev–Trinajstić information content (AvgIpc) is 3.39. The fourth-order valence-electron chi connectivity index (χ4n) is 4.20. The van der Waals surface area contributed by atoms with Crippen molar-refractivity contribution in [2.45, 2.75) is 62.5 Å². The molecule has 1 atom stereocenters. The number of pyridine rings is 2. The monoisotopic (exact) mass is 694 g/mol. The van der Waals surface area contributed by atoms with E-state index in [4.69, 9.17) is 34.4 Å². The number of hydrogen-bond acceptors (Lipinski definition) is 8. The number of aromatic nitrogens is 2. The number of hydrogen-bond donors (Lipinski definition) is 3. The zero-order chi connectivity index (χ0) is 36.1. The summed E-state index contributed by atoms with van der Waals surface area (Å²) in [6, 6.07) is 10.8. The molecule has 3 N–H and O–H groups in total. The molecule has 2 fully saturated rings. The minimum Gasteiger partial charge on any atom is -0.475 e. The summed E-state index contributed by atoms with van der Waals surface area (Å²) in [5, 5.41) is 21.4. The van der Waals surface area contributed by atoms with Crippen LogP contribution in [0.25, 0.3) is 0 Å². The zero-order valence-electron chi connectivity index (χ0n) is 24.5. The van der Waals surface area contributed by atoms with E-state index in [0.29, 0.717) is 6.04 Å². The number of likely N-dealkylation sites (N-methyl/N-ethyl adjacent to an activating group) is 1. The van der Waals surface area contributed by atoms with Crippen LogP contribution in [0, 0.1) is 0 Å². The summed E-state index contributed by atoms with van der Waals surface area (Å²) in [4.78, 5) is 40.3. The van der Waals surface area contributed by atoms with Crippen molar-refractivity contribution in [3.05, 3.63) is 60.2 Å². The van der Waals surface area contributed by atoms with Crippen molar-refractivity contribution in [2.24, 2.45) is 0 Å². The van der Waals surface area contributed by atoms with E-state index in [-0.39, 0.29) is 5.60 Å². The van der Waals surface area contributed by atoms with Gasteiger partial charge in [-0.1, -0.05) is 12.1 Å². The molecule has 0 amide bonds. The quantitative estimate of drug-likeness (QED) is 0.376. The first kappa shape index (κ1) is 41.0. The topological polar surface area (TPSA) is 153 Å². The van der Waals surface area contributed by atoms with E-state index in [1.165, 1.54) is 5.56 Å². The molecular formula is C27H31F9N4O7. The second-order valence-corrected chi connectivity index (χ2v) is 10.1. The Labute approximate surface area is 261 Å². The van der Waals surface area contributed by atoms with Crippen LogP contribution in [0.2, 0.25) is 0 Å². The smallest absolute Gasteiger partial charge is 0.475 e. The van der Waals surface area contributed by atoms with Gasteiger partial charge in [0.25, 0.3) is 0 Å². The second kappa shape index (κ2) is 17.8. The third-order valence-corrected chi connectivity index (χ3v) is 6.57. The number of nitrogens with zero attached hydrogens (tertiary/aromatic N) is 4. The van der Waals surface area contributed by atoms with Gasteiger partial charge in [-0.15, -0.1) is 0 Å². The van der Waals surface area contributed by atoms with Gasteiger partial charge in [-0.2, -0.15) is 39.5 Å². The van der Waals surface area contributed by atoms with Gasteiger partial charge in [0.05, 0.1) is 17.9 Å². The van der Waals surface area contributed by atoms with Crippen LogP contribution in [0.5, 0.6) is 0 Å². The van der Waals surface area contributed by atoms with Gasteiger partial charge in [0.2, 0.25) is 0 Å². The Balaban J connectivity index is 0.000000430. The number of halogens is 9. The summed E-state index contributed by atoms with van der Waals surface area (Å²) in [6.07, 6.45) is -6.20. The van der Waals surface area contributed by atoms with Crippen LogP contribution in [0.1, 0.15) is 30.5 Å². The highest BCUT2D eigenvalue weighted by Crippen LogP contribution is 2.38. The molecule has 4 rings (SSSR count). The minimum atomic E-state index is -5.08. The molecule has 4 heterocycles. The molecule has 2 aromatic rings. The number of carbonyl (C=O) groups is 3. The molecule has 2 aliphatic heterocycles. The van der Waals surface area contributed by atoms with Gasteiger partial charge in [-0.25, -0.2) is 14.4 Å². The Hall–Kier alpha value is -4.04.